The Morgan fingerprint density at radius 3 is 2.85 bits per heavy atom. The Hall–Kier alpha value is -0.300. The molecule has 0 saturated carbocycles. The Kier molecular flexibility index (Phi) is 4.51. The van der Waals surface area contributed by atoms with Crippen LogP contribution in [0.2, 0.25) is 10.4 Å². The van der Waals surface area contributed by atoms with Crippen molar-refractivity contribution in [3.63, 3.8) is 0 Å². The number of hydrogen-bond donors (Lipinski definition) is 0. The number of hydrogen-bond acceptors (Lipinski definition) is 2. The standard InChI is InChI=1S/C8H5BrCl2N2/c9-4-2-1-3-6-5-12-8(11)13-7(6)10/h5H,2,4H2. The SMILES string of the molecule is Clc1ncc(C#CCCBr)c(Cl)n1. The number of rotatable bonds is 1. The molecular weight excluding hydrogens is 275 g/mol. The lowest BCUT2D eigenvalue weighted by Crippen LogP contribution is -1.86. The monoisotopic (exact) mass is 278 g/mol. The summed E-state index contributed by atoms with van der Waals surface area (Å²) < 4.78 is 0. The van der Waals surface area contributed by atoms with Gasteiger partial charge in [-0.05, 0) is 11.6 Å². The van der Waals surface area contributed by atoms with Gasteiger partial charge in [0, 0.05) is 17.9 Å². The van der Waals surface area contributed by atoms with E-state index in [9.17, 15) is 0 Å². The van der Waals surface area contributed by atoms with Gasteiger partial charge in [-0.25, -0.2) is 9.97 Å². The number of nitrogens with zero attached hydrogens (tertiary/aromatic N) is 2. The summed E-state index contributed by atoms with van der Waals surface area (Å²) in [5.41, 5.74) is 0.604. The van der Waals surface area contributed by atoms with E-state index in [0.29, 0.717) is 10.7 Å². The predicted molar refractivity (Wildman–Crippen MR) is 57.3 cm³/mol. The molecule has 2 nitrogen and oxygen atoms in total. The highest BCUT2D eigenvalue weighted by Gasteiger charge is 1.99. The van der Waals surface area contributed by atoms with Crippen LogP contribution in [0.1, 0.15) is 12.0 Å². The van der Waals surface area contributed by atoms with Crippen molar-refractivity contribution in [1.82, 2.24) is 9.97 Å². The molecule has 68 valence electrons. The highest BCUT2D eigenvalue weighted by Crippen LogP contribution is 2.12. The van der Waals surface area contributed by atoms with Gasteiger partial charge in [-0.15, -0.1) is 0 Å². The first kappa shape index (κ1) is 10.8. The van der Waals surface area contributed by atoms with Crippen molar-refractivity contribution in [2.24, 2.45) is 0 Å². The molecule has 0 radical (unpaired) electrons. The van der Waals surface area contributed by atoms with Gasteiger partial charge < -0.3 is 0 Å². The van der Waals surface area contributed by atoms with Crippen LogP contribution in [0.3, 0.4) is 0 Å². The first-order valence-electron chi connectivity index (χ1n) is 3.47. The van der Waals surface area contributed by atoms with Crippen LogP contribution >= 0.6 is 39.1 Å². The lowest BCUT2D eigenvalue weighted by molar-refractivity contribution is 1.16. The lowest BCUT2D eigenvalue weighted by atomic mass is 10.3. The molecule has 0 atom stereocenters. The molecule has 0 amide bonds. The second kappa shape index (κ2) is 5.43. The maximum Gasteiger partial charge on any atom is 0.223 e. The molecule has 0 unspecified atom stereocenters. The van der Waals surface area contributed by atoms with Crippen molar-refractivity contribution in [2.45, 2.75) is 6.42 Å². The molecule has 0 aliphatic rings. The zero-order valence-electron chi connectivity index (χ0n) is 6.52. The van der Waals surface area contributed by atoms with Crippen molar-refractivity contribution in [3.05, 3.63) is 22.2 Å². The average Bonchev–Trinajstić information content (AvgIpc) is 2.09. The molecule has 0 spiro atoms. The van der Waals surface area contributed by atoms with E-state index in [2.05, 4.69) is 37.7 Å². The summed E-state index contributed by atoms with van der Waals surface area (Å²) in [7, 11) is 0. The third kappa shape index (κ3) is 3.51. The Morgan fingerprint density at radius 2 is 2.23 bits per heavy atom. The number of halogens is 3. The third-order valence-corrected chi connectivity index (χ3v) is 2.02. The van der Waals surface area contributed by atoms with Gasteiger partial charge in [0.05, 0.1) is 5.56 Å². The summed E-state index contributed by atoms with van der Waals surface area (Å²) in [4.78, 5) is 7.53. The smallest absolute Gasteiger partial charge is 0.223 e. The molecular formula is C8H5BrCl2N2. The summed E-state index contributed by atoms with van der Waals surface area (Å²) in [5, 5.41) is 1.27. The van der Waals surface area contributed by atoms with Crippen LogP contribution < -0.4 is 0 Å². The van der Waals surface area contributed by atoms with E-state index in [0.717, 1.165) is 11.8 Å². The highest BCUT2D eigenvalue weighted by atomic mass is 79.9. The van der Waals surface area contributed by atoms with Crippen LogP contribution in [0.4, 0.5) is 0 Å². The van der Waals surface area contributed by atoms with Crippen LogP contribution in [0.25, 0.3) is 0 Å². The zero-order chi connectivity index (χ0) is 9.68. The normalized spacial score (nSPS) is 9.15. The molecule has 0 saturated heterocycles. The zero-order valence-corrected chi connectivity index (χ0v) is 9.62. The Balaban J connectivity index is 2.85. The molecule has 1 rings (SSSR count). The maximum absolute atomic E-state index is 5.76. The molecule has 0 aliphatic heterocycles. The van der Waals surface area contributed by atoms with Gasteiger partial charge in [-0.2, -0.15) is 0 Å². The molecule has 0 aliphatic carbocycles. The second-order valence-electron chi connectivity index (χ2n) is 2.08. The van der Waals surface area contributed by atoms with Crippen LogP contribution in [-0.2, 0) is 0 Å². The number of alkyl halides is 1. The van der Waals surface area contributed by atoms with Crippen LogP contribution in [-0.4, -0.2) is 15.3 Å². The number of aromatic nitrogens is 2. The fourth-order valence-corrected chi connectivity index (χ4v) is 1.18. The van der Waals surface area contributed by atoms with Crippen molar-refractivity contribution >= 4 is 39.1 Å². The van der Waals surface area contributed by atoms with Gasteiger partial charge in [-0.3, -0.25) is 0 Å². The van der Waals surface area contributed by atoms with Crippen LogP contribution in [0, 0.1) is 11.8 Å². The van der Waals surface area contributed by atoms with E-state index in [1.54, 1.807) is 0 Å². The van der Waals surface area contributed by atoms with Gasteiger partial charge in [0.2, 0.25) is 5.28 Å². The molecule has 1 aromatic rings. The Morgan fingerprint density at radius 1 is 1.46 bits per heavy atom. The lowest BCUT2D eigenvalue weighted by Gasteiger charge is -1.93. The molecule has 1 aromatic heterocycles. The van der Waals surface area contributed by atoms with E-state index in [1.807, 2.05) is 0 Å². The predicted octanol–water partition coefficient (Wildman–Crippen LogP) is 2.92. The summed E-state index contributed by atoms with van der Waals surface area (Å²) >= 11 is 14.5. The van der Waals surface area contributed by atoms with Gasteiger partial charge >= 0.3 is 0 Å². The van der Waals surface area contributed by atoms with Crippen molar-refractivity contribution in [1.29, 1.82) is 0 Å². The molecule has 13 heavy (non-hydrogen) atoms. The maximum atomic E-state index is 5.76. The Labute approximate surface area is 94.8 Å². The fraction of sp³-hybridized carbons (Fsp3) is 0.250. The van der Waals surface area contributed by atoms with Gasteiger partial charge in [0.15, 0.2) is 0 Å². The van der Waals surface area contributed by atoms with E-state index in [-0.39, 0.29) is 5.28 Å². The highest BCUT2D eigenvalue weighted by molar-refractivity contribution is 9.09. The van der Waals surface area contributed by atoms with Crippen molar-refractivity contribution < 1.29 is 0 Å². The fourth-order valence-electron chi connectivity index (χ4n) is 0.630. The molecule has 0 bridgehead atoms. The second-order valence-corrected chi connectivity index (χ2v) is 3.57. The molecule has 0 aromatic carbocycles. The summed E-state index contributed by atoms with van der Waals surface area (Å²) in [6.07, 6.45) is 2.28. The minimum Gasteiger partial charge on any atom is -0.225 e. The van der Waals surface area contributed by atoms with E-state index in [1.165, 1.54) is 6.20 Å². The van der Waals surface area contributed by atoms with E-state index >= 15 is 0 Å². The quantitative estimate of drug-likeness (QED) is 0.342. The van der Waals surface area contributed by atoms with Gasteiger partial charge in [-0.1, -0.05) is 39.4 Å². The first-order chi connectivity index (χ1) is 6.24. The summed E-state index contributed by atoms with van der Waals surface area (Å²) in [6, 6.07) is 0. The average molecular weight is 280 g/mol. The molecule has 0 N–H and O–H groups in total. The van der Waals surface area contributed by atoms with Crippen molar-refractivity contribution in [3.8, 4) is 11.8 Å². The molecule has 5 heteroatoms. The minimum atomic E-state index is 0.135. The largest absolute Gasteiger partial charge is 0.225 e. The molecule has 0 fully saturated rings. The van der Waals surface area contributed by atoms with Gasteiger partial charge in [0.25, 0.3) is 0 Å². The third-order valence-electron chi connectivity index (χ3n) is 1.16. The van der Waals surface area contributed by atoms with Crippen molar-refractivity contribution in [2.75, 3.05) is 5.33 Å². The van der Waals surface area contributed by atoms with E-state index in [4.69, 9.17) is 23.2 Å². The molecule has 1 heterocycles. The van der Waals surface area contributed by atoms with Crippen LogP contribution in [0.5, 0.6) is 0 Å². The topological polar surface area (TPSA) is 25.8 Å². The van der Waals surface area contributed by atoms with Crippen LogP contribution in [0.15, 0.2) is 6.20 Å². The van der Waals surface area contributed by atoms with Gasteiger partial charge in [0.1, 0.15) is 5.15 Å². The Bertz CT molecular complexity index is 357. The first-order valence-corrected chi connectivity index (χ1v) is 5.34. The summed E-state index contributed by atoms with van der Waals surface area (Å²) in [5.74, 6) is 5.75. The summed E-state index contributed by atoms with van der Waals surface area (Å²) in [6.45, 7) is 0. The van der Waals surface area contributed by atoms with E-state index < -0.39 is 0 Å². The minimum absolute atomic E-state index is 0.135.